The van der Waals surface area contributed by atoms with Crippen molar-refractivity contribution in [3.05, 3.63) is 48.0 Å². The second-order valence-corrected chi connectivity index (χ2v) is 5.63. The molecule has 2 aromatic carbocycles. The number of nitrogen functional groups attached to an aromatic ring is 1. The molecule has 1 aliphatic heterocycles. The summed E-state index contributed by atoms with van der Waals surface area (Å²) < 4.78 is 5.22. The Hall–Kier alpha value is -2.14. The van der Waals surface area contributed by atoms with E-state index in [4.69, 9.17) is 10.5 Å². The standard InChI is InChI=1S/C15H14N2O2S/c1-19-10-7-11(16)13-12(8-10)20-14(15(18)17-13)9-5-3-2-4-6-9/h2-8,14H,16H2,1H3,(H,17,18). The van der Waals surface area contributed by atoms with E-state index in [1.807, 2.05) is 36.4 Å². The Bertz CT molecular complexity index is 658. The van der Waals surface area contributed by atoms with Gasteiger partial charge in [-0.25, -0.2) is 0 Å². The normalized spacial score (nSPS) is 17.2. The zero-order chi connectivity index (χ0) is 14.1. The molecular weight excluding hydrogens is 272 g/mol. The minimum atomic E-state index is -0.268. The molecule has 0 saturated heterocycles. The largest absolute Gasteiger partial charge is 0.497 e. The summed E-state index contributed by atoms with van der Waals surface area (Å²) in [5.41, 5.74) is 8.12. The van der Waals surface area contributed by atoms with Gasteiger partial charge in [-0.05, 0) is 11.6 Å². The molecule has 4 nitrogen and oxygen atoms in total. The summed E-state index contributed by atoms with van der Waals surface area (Å²) in [6, 6.07) is 13.3. The van der Waals surface area contributed by atoms with Crippen molar-refractivity contribution < 1.29 is 9.53 Å². The fourth-order valence-electron chi connectivity index (χ4n) is 2.17. The Morgan fingerprint density at radius 2 is 2.00 bits per heavy atom. The highest BCUT2D eigenvalue weighted by Crippen LogP contribution is 2.47. The lowest BCUT2D eigenvalue weighted by Gasteiger charge is -2.25. The molecule has 3 N–H and O–H groups in total. The van der Waals surface area contributed by atoms with E-state index in [2.05, 4.69) is 5.32 Å². The van der Waals surface area contributed by atoms with Gasteiger partial charge in [0.05, 0.1) is 18.5 Å². The maximum atomic E-state index is 12.2. The van der Waals surface area contributed by atoms with Crippen LogP contribution in [-0.2, 0) is 4.79 Å². The van der Waals surface area contributed by atoms with Crippen molar-refractivity contribution in [2.24, 2.45) is 0 Å². The molecule has 20 heavy (non-hydrogen) atoms. The highest BCUT2D eigenvalue weighted by atomic mass is 32.2. The molecule has 0 saturated carbocycles. The average molecular weight is 286 g/mol. The lowest BCUT2D eigenvalue weighted by Crippen LogP contribution is -2.23. The molecule has 1 aliphatic rings. The third-order valence-electron chi connectivity index (χ3n) is 3.18. The van der Waals surface area contributed by atoms with Crippen molar-refractivity contribution in [1.29, 1.82) is 0 Å². The number of nitrogens with one attached hydrogen (secondary N) is 1. The van der Waals surface area contributed by atoms with E-state index in [0.29, 0.717) is 17.1 Å². The Balaban J connectivity index is 2.01. The summed E-state index contributed by atoms with van der Waals surface area (Å²) in [5.74, 6) is 0.641. The highest BCUT2D eigenvalue weighted by Gasteiger charge is 2.29. The molecular formula is C15H14N2O2S. The number of carbonyl (C=O) groups excluding carboxylic acids is 1. The Kier molecular flexibility index (Phi) is 3.28. The lowest BCUT2D eigenvalue weighted by atomic mass is 10.1. The zero-order valence-electron chi connectivity index (χ0n) is 10.9. The smallest absolute Gasteiger partial charge is 0.242 e. The van der Waals surface area contributed by atoms with Crippen LogP contribution in [0.15, 0.2) is 47.4 Å². The van der Waals surface area contributed by atoms with Crippen LogP contribution in [0.2, 0.25) is 0 Å². The molecule has 1 unspecified atom stereocenters. The van der Waals surface area contributed by atoms with Crippen LogP contribution < -0.4 is 15.8 Å². The van der Waals surface area contributed by atoms with Crippen LogP contribution in [0.5, 0.6) is 5.75 Å². The van der Waals surface area contributed by atoms with E-state index in [1.165, 1.54) is 11.8 Å². The van der Waals surface area contributed by atoms with E-state index < -0.39 is 0 Å². The minimum absolute atomic E-state index is 0.0504. The Morgan fingerprint density at radius 1 is 1.25 bits per heavy atom. The predicted molar refractivity (Wildman–Crippen MR) is 81.1 cm³/mol. The molecule has 0 fully saturated rings. The number of nitrogens with two attached hydrogens (primary N) is 1. The summed E-state index contributed by atoms with van der Waals surface area (Å²) >= 11 is 1.49. The number of carbonyl (C=O) groups is 1. The second-order valence-electron chi connectivity index (χ2n) is 4.49. The van der Waals surface area contributed by atoms with E-state index in [0.717, 1.165) is 10.5 Å². The van der Waals surface area contributed by atoms with Crippen LogP contribution >= 0.6 is 11.8 Å². The molecule has 3 rings (SSSR count). The molecule has 0 bridgehead atoms. The maximum absolute atomic E-state index is 12.2. The molecule has 5 heteroatoms. The number of amides is 1. The average Bonchev–Trinajstić information content (AvgIpc) is 2.48. The first kappa shape index (κ1) is 12.9. The first-order chi connectivity index (χ1) is 9.69. The molecule has 2 aromatic rings. The molecule has 1 heterocycles. The monoisotopic (exact) mass is 286 g/mol. The van der Waals surface area contributed by atoms with Gasteiger partial charge in [0.2, 0.25) is 5.91 Å². The van der Waals surface area contributed by atoms with Crippen LogP contribution in [0.25, 0.3) is 0 Å². The number of methoxy groups -OCH3 is 1. The van der Waals surface area contributed by atoms with Crippen LogP contribution in [0, 0.1) is 0 Å². The first-order valence-corrected chi connectivity index (χ1v) is 7.07. The number of ether oxygens (including phenoxy) is 1. The molecule has 0 aliphatic carbocycles. The van der Waals surface area contributed by atoms with Gasteiger partial charge in [-0.1, -0.05) is 30.3 Å². The van der Waals surface area contributed by atoms with Gasteiger partial charge >= 0.3 is 0 Å². The summed E-state index contributed by atoms with van der Waals surface area (Å²) in [4.78, 5) is 13.2. The topological polar surface area (TPSA) is 64.3 Å². The molecule has 0 aromatic heterocycles. The highest BCUT2D eigenvalue weighted by molar-refractivity contribution is 8.00. The van der Waals surface area contributed by atoms with Gasteiger partial charge in [0, 0.05) is 11.0 Å². The molecule has 0 radical (unpaired) electrons. The quantitative estimate of drug-likeness (QED) is 0.833. The van der Waals surface area contributed by atoms with Crippen LogP contribution in [0.4, 0.5) is 11.4 Å². The third-order valence-corrected chi connectivity index (χ3v) is 4.47. The van der Waals surface area contributed by atoms with Gasteiger partial charge in [-0.2, -0.15) is 0 Å². The van der Waals surface area contributed by atoms with E-state index in [1.54, 1.807) is 13.2 Å². The van der Waals surface area contributed by atoms with Crippen molar-refractivity contribution in [3.63, 3.8) is 0 Å². The van der Waals surface area contributed by atoms with Gasteiger partial charge in [-0.3, -0.25) is 4.79 Å². The van der Waals surface area contributed by atoms with Crippen molar-refractivity contribution >= 4 is 29.0 Å². The number of fused-ring (bicyclic) bond motifs is 1. The summed E-state index contributed by atoms with van der Waals surface area (Å²) in [6.07, 6.45) is 0. The van der Waals surface area contributed by atoms with Crippen molar-refractivity contribution in [2.75, 3.05) is 18.2 Å². The summed E-state index contributed by atoms with van der Waals surface area (Å²) in [6.45, 7) is 0. The van der Waals surface area contributed by atoms with E-state index in [-0.39, 0.29) is 11.2 Å². The fraction of sp³-hybridized carbons (Fsp3) is 0.133. The Labute approximate surface area is 121 Å². The van der Waals surface area contributed by atoms with Crippen molar-refractivity contribution in [3.8, 4) is 5.75 Å². The van der Waals surface area contributed by atoms with E-state index >= 15 is 0 Å². The minimum Gasteiger partial charge on any atom is -0.497 e. The van der Waals surface area contributed by atoms with Gasteiger partial charge in [-0.15, -0.1) is 11.8 Å². The van der Waals surface area contributed by atoms with Crippen LogP contribution in [-0.4, -0.2) is 13.0 Å². The third kappa shape index (κ3) is 2.20. The number of rotatable bonds is 2. The molecule has 0 spiro atoms. The molecule has 102 valence electrons. The summed E-state index contributed by atoms with van der Waals surface area (Å²) in [7, 11) is 1.60. The fourth-order valence-corrected chi connectivity index (χ4v) is 3.36. The van der Waals surface area contributed by atoms with Gasteiger partial charge in [0.15, 0.2) is 0 Å². The van der Waals surface area contributed by atoms with Gasteiger partial charge in [0.25, 0.3) is 0 Å². The SMILES string of the molecule is COc1cc(N)c2c(c1)SC(c1ccccc1)C(=O)N2. The number of anilines is 2. The van der Waals surface area contributed by atoms with Crippen LogP contribution in [0.1, 0.15) is 10.8 Å². The van der Waals surface area contributed by atoms with Crippen molar-refractivity contribution in [1.82, 2.24) is 0 Å². The number of hydrogen-bond acceptors (Lipinski definition) is 4. The molecule has 1 amide bonds. The van der Waals surface area contributed by atoms with Gasteiger partial charge < -0.3 is 15.8 Å². The van der Waals surface area contributed by atoms with Crippen molar-refractivity contribution in [2.45, 2.75) is 10.1 Å². The maximum Gasteiger partial charge on any atom is 0.242 e. The Morgan fingerprint density at radius 3 is 2.70 bits per heavy atom. The first-order valence-electron chi connectivity index (χ1n) is 6.19. The van der Waals surface area contributed by atoms with E-state index in [9.17, 15) is 4.79 Å². The summed E-state index contributed by atoms with van der Waals surface area (Å²) in [5, 5.41) is 2.62. The predicted octanol–water partition coefficient (Wildman–Crippen LogP) is 3.06. The lowest BCUT2D eigenvalue weighted by molar-refractivity contribution is -0.115. The molecule has 1 atom stereocenters. The number of thioether (sulfide) groups is 1. The zero-order valence-corrected chi connectivity index (χ0v) is 11.7. The van der Waals surface area contributed by atoms with Crippen LogP contribution in [0.3, 0.4) is 0 Å². The van der Waals surface area contributed by atoms with Gasteiger partial charge in [0.1, 0.15) is 11.0 Å². The second kappa shape index (κ2) is 5.09. The number of benzene rings is 2. The number of hydrogen-bond donors (Lipinski definition) is 2.